The first-order chi connectivity index (χ1) is 8.61. The molecule has 0 heterocycles. The Hall–Kier alpha value is -1.86. The molecule has 1 aromatic rings. The fourth-order valence-electron chi connectivity index (χ4n) is 1.78. The normalized spacial score (nSPS) is 20.8. The minimum absolute atomic E-state index is 0.0497. The SMILES string of the molecule is CC1CC1C(=O)Nc1ccc(F)cc1C#CCO. The van der Waals surface area contributed by atoms with Crippen LogP contribution in [0.3, 0.4) is 0 Å². The fraction of sp³-hybridized carbons (Fsp3) is 0.357. The quantitative estimate of drug-likeness (QED) is 0.782. The van der Waals surface area contributed by atoms with Gasteiger partial charge in [-0.25, -0.2) is 4.39 Å². The van der Waals surface area contributed by atoms with Gasteiger partial charge in [0.15, 0.2) is 0 Å². The lowest BCUT2D eigenvalue weighted by Gasteiger charge is -2.07. The Morgan fingerprint density at radius 1 is 1.61 bits per heavy atom. The minimum Gasteiger partial charge on any atom is -0.384 e. The van der Waals surface area contributed by atoms with Gasteiger partial charge in [-0.3, -0.25) is 4.79 Å². The second-order valence-corrected chi connectivity index (χ2v) is 4.46. The van der Waals surface area contributed by atoms with Gasteiger partial charge in [-0.15, -0.1) is 0 Å². The predicted octanol–water partition coefficient (Wildman–Crippen LogP) is 1.76. The zero-order valence-corrected chi connectivity index (χ0v) is 10.0. The Balaban J connectivity index is 2.18. The third kappa shape index (κ3) is 2.88. The molecule has 0 aromatic heterocycles. The lowest BCUT2D eigenvalue weighted by molar-refractivity contribution is -0.117. The highest BCUT2D eigenvalue weighted by molar-refractivity contribution is 5.95. The van der Waals surface area contributed by atoms with Gasteiger partial charge >= 0.3 is 0 Å². The third-order valence-electron chi connectivity index (χ3n) is 2.99. The van der Waals surface area contributed by atoms with E-state index in [-0.39, 0.29) is 18.4 Å². The van der Waals surface area contributed by atoms with Crippen molar-refractivity contribution in [3.8, 4) is 11.8 Å². The van der Waals surface area contributed by atoms with Crippen LogP contribution in [0.2, 0.25) is 0 Å². The second kappa shape index (κ2) is 5.19. The molecule has 4 heteroatoms. The highest BCUT2D eigenvalue weighted by atomic mass is 19.1. The van der Waals surface area contributed by atoms with Crippen LogP contribution in [0, 0.1) is 29.5 Å². The standard InChI is InChI=1S/C14H14FNO2/c1-9-7-12(9)14(18)16-13-5-4-11(15)8-10(13)3-2-6-17/h4-5,8-9,12,17H,6-7H2,1H3,(H,16,18). The lowest BCUT2D eigenvalue weighted by atomic mass is 10.1. The highest BCUT2D eigenvalue weighted by Crippen LogP contribution is 2.38. The number of aliphatic hydroxyl groups is 1. The Labute approximate surface area is 105 Å². The van der Waals surface area contributed by atoms with Crippen LogP contribution in [0.1, 0.15) is 18.9 Å². The van der Waals surface area contributed by atoms with E-state index in [1.54, 1.807) is 0 Å². The first-order valence-electron chi connectivity index (χ1n) is 5.82. The van der Waals surface area contributed by atoms with Crippen molar-refractivity contribution >= 4 is 11.6 Å². The van der Waals surface area contributed by atoms with Gasteiger partial charge in [0.2, 0.25) is 5.91 Å². The first-order valence-corrected chi connectivity index (χ1v) is 5.82. The topological polar surface area (TPSA) is 49.3 Å². The van der Waals surface area contributed by atoms with Gasteiger partial charge in [0.25, 0.3) is 0 Å². The zero-order valence-electron chi connectivity index (χ0n) is 10.0. The molecule has 0 saturated heterocycles. The molecule has 0 aliphatic heterocycles. The Kier molecular flexibility index (Phi) is 3.63. The van der Waals surface area contributed by atoms with Crippen LogP contribution < -0.4 is 5.32 Å². The molecule has 1 fully saturated rings. The average molecular weight is 247 g/mol. The molecule has 1 aliphatic rings. The molecule has 94 valence electrons. The first kappa shape index (κ1) is 12.6. The van der Waals surface area contributed by atoms with Crippen molar-refractivity contribution in [2.45, 2.75) is 13.3 Å². The van der Waals surface area contributed by atoms with E-state index in [1.165, 1.54) is 18.2 Å². The van der Waals surface area contributed by atoms with Crippen LogP contribution in [-0.4, -0.2) is 17.6 Å². The Morgan fingerprint density at radius 2 is 2.33 bits per heavy atom. The summed E-state index contributed by atoms with van der Waals surface area (Å²) in [5.74, 6) is 5.06. The summed E-state index contributed by atoms with van der Waals surface area (Å²) in [6.07, 6.45) is 0.894. The number of aliphatic hydroxyl groups excluding tert-OH is 1. The van der Waals surface area contributed by atoms with Crippen molar-refractivity contribution in [2.75, 3.05) is 11.9 Å². The van der Waals surface area contributed by atoms with E-state index in [0.717, 1.165) is 6.42 Å². The molecule has 0 spiro atoms. The number of carbonyl (C=O) groups is 1. The monoisotopic (exact) mass is 247 g/mol. The van der Waals surface area contributed by atoms with Gasteiger partial charge in [-0.2, -0.15) is 0 Å². The molecule has 1 amide bonds. The number of hydrogen-bond acceptors (Lipinski definition) is 2. The van der Waals surface area contributed by atoms with Crippen molar-refractivity contribution < 1.29 is 14.3 Å². The van der Waals surface area contributed by atoms with Crippen molar-refractivity contribution in [1.29, 1.82) is 0 Å². The average Bonchev–Trinajstić information content (AvgIpc) is 3.07. The molecule has 18 heavy (non-hydrogen) atoms. The van der Waals surface area contributed by atoms with Crippen molar-refractivity contribution in [2.24, 2.45) is 11.8 Å². The number of benzene rings is 1. The zero-order chi connectivity index (χ0) is 13.1. The Bertz CT molecular complexity index is 530. The summed E-state index contributed by atoms with van der Waals surface area (Å²) in [7, 11) is 0. The van der Waals surface area contributed by atoms with Gasteiger partial charge < -0.3 is 10.4 Å². The van der Waals surface area contributed by atoms with Gasteiger partial charge in [-0.1, -0.05) is 18.8 Å². The highest BCUT2D eigenvalue weighted by Gasteiger charge is 2.39. The molecule has 2 atom stereocenters. The van der Waals surface area contributed by atoms with E-state index in [1.807, 2.05) is 6.92 Å². The summed E-state index contributed by atoms with van der Waals surface area (Å²) < 4.78 is 13.1. The second-order valence-electron chi connectivity index (χ2n) is 4.46. The molecule has 2 rings (SSSR count). The summed E-state index contributed by atoms with van der Waals surface area (Å²) in [6, 6.07) is 4.01. The Morgan fingerprint density at radius 3 is 2.94 bits per heavy atom. The molecule has 0 bridgehead atoms. The fourth-order valence-corrected chi connectivity index (χ4v) is 1.78. The van der Waals surface area contributed by atoms with E-state index in [0.29, 0.717) is 17.2 Å². The molecule has 2 unspecified atom stereocenters. The van der Waals surface area contributed by atoms with Crippen LogP contribution in [0.4, 0.5) is 10.1 Å². The third-order valence-corrected chi connectivity index (χ3v) is 2.99. The summed E-state index contributed by atoms with van der Waals surface area (Å²) in [6.45, 7) is 1.71. The van der Waals surface area contributed by atoms with Crippen LogP contribution >= 0.6 is 0 Å². The van der Waals surface area contributed by atoms with Crippen LogP contribution in [-0.2, 0) is 4.79 Å². The van der Waals surface area contributed by atoms with Gasteiger partial charge in [0.1, 0.15) is 12.4 Å². The molecular weight excluding hydrogens is 233 g/mol. The molecule has 1 aromatic carbocycles. The molecule has 3 nitrogen and oxygen atoms in total. The van der Waals surface area contributed by atoms with Crippen LogP contribution in [0.5, 0.6) is 0 Å². The van der Waals surface area contributed by atoms with Gasteiger partial charge in [0, 0.05) is 5.92 Å². The van der Waals surface area contributed by atoms with Crippen LogP contribution in [0.25, 0.3) is 0 Å². The van der Waals surface area contributed by atoms with Crippen molar-refractivity contribution in [3.05, 3.63) is 29.6 Å². The predicted molar refractivity (Wildman–Crippen MR) is 66.3 cm³/mol. The maximum atomic E-state index is 13.1. The van der Waals surface area contributed by atoms with E-state index >= 15 is 0 Å². The summed E-state index contributed by atoms with van der Waals surface area (Å²) in [5, 5.41) is 11.4. The maximum absolute atomic E-state index is 13.1. The molecule has 2 N–H and O–H groups in total. The maximum Gasteiger partial charge on any atom is 0.227 e. The largest absolute Gasteiger partial charge is 0.384 e. The molecule has 1 aliphatic carbocycles. The molecule has 1 saturated carbocycles. The number of anilines is 1. The van der Waals surface area contributed by atoms with E-state index in [2.05, 4.69) is 17.2 Å². The number of amides is 1. The number of carbonyl (C=O) groups excluding carboxylic acids is 1. The van der Waals surface area contributed by atoms with Crippen molar-refractivity contribution in [1.82, 2.24) is 0 Å². The number of nitrogens with one attached hydrogen (secondary N) is 1. The van der Waals surface area contributed by atoms with Gasteiger partial charge in [-0.05, 0) is 30.5 Å². The number of halogens is 1. The van der Waals surface area contributed by atoms with E-state index in [4.69, 9.17) is 5.11 Å². The van der Waals surface area contributed by atoms with Gasteiger partial charge in [0.05, 0.1) is 11.3 Å². The number of hydrogen-bond donors (Lipinski definition) is 2. The summed E-state index contributed by atoms with van der Waals surface area (Å²) in [5.41, 5.74) is 0.868. The number of rotatable bonds is 2. The summed E-state index contributed by atoms with van der Waals surface area (Å²) >= 11 is 0. The molecular formula is C14H14FNO2. The lowest BCUT2D eigenvalue weighted by Crippen LogP contribution is -2.15. The smallest absolute Gasteiger partial charge is 0.227 e. The van der Waals surface area contributed by atoms with Crippen LogP contribution in [0.15, 0.2) is 18.2 Å². The minimum atomic E-state index is -0.421. The molecule has 0 radical (unpaired) electrons. The van der Waals surface area contributed by atoms with Crippen molar-refractivity contribution in [3.63, 3.8) is 0 Å². The van der Waals surface area contributed by atoms with E-state index in [9.17, 15) is 9.18 Å². The van der Waals surface area contributed by atoms with E-state index < -0.39 is 5.82 Å². The summed E-state index contributed by atoms with van der Waals surface area (Å²) in [4.78, 5) is 11.8.